The Balaban J connectivity index is 2.28. The number of esters is 1. The molecule has 0 saturated carbocycles. The number of ether oxygens (including phenoxy) is 1. The van der Waals surface area contributed by atoms with E-state index in [1.54, 1.807) is 51.2 Å². The summed E-state index contributed by atoms with van der Waals surface area (Å²) in [6, 6.07) is 7.54. The summed E-state index contributed by atoms with van der Waals surface area (Å²) in [6.45, 7) is 3.36. The normalized spacial score (nSPS) is 11.7. The van der Waals surface area contributed by atoms with Gasteiger partial charge in [-0.05, 0) is 19.4 Å². The van der Waals surface area contributed by atoms with Gasteiger partial charge in [0.2, 0.25) is 0 Å². The Morgan fingerprint density at radius 2 is 1.79 bits per heavy atom. The van der Waals surface area contributed by atoms with Crippen molar-refractivity contribution < 1.29 is 19.1 Å². The number of rotatable bonds is 5. The van der Waals surface area contributed by atoms with Gasteiger partial charge >= 0.3 is 5.97 Å². The molecule has 7 heteroatoms. The van der Waals surface area contributed by atoms with E-state index >= 15 is 0 Å². The Morgan fingerprint density at radius 3 is 2.29 bits per heavy atom. The first kappa shape index (κ1) is 17.4. The minimum absolute atomic E-state index is 0.242. The Bertz CT molecular complexity index is 781. The van der Waals surface area contributed by atoms with Crippen LogP contribution in [0.1, 0.15) is 33.4 Å². The van der Waals surface area contributed by atoms with Gasteiger partial charge in [-0.15, -0.1) is 0 Å². The first-order valence-electron chi connectivity index (χ1n) is 7.35. The molecule has 2 aromatic rings. The molecule has 1 aromatic carbocycles. The molecule has 1 N–H and O–H groups in total. The number of nitrogens with zero attached hydrogens (tertiary/aromatic N) is 2. The molecule has 0 saturated heterocycles. The average molecular weight is 329 g/mol. The Kier molecular flexibility index (Phi) is 5.13. The van der Waals surface area contributed by atoms with Crippen LogP contribution in [0, 0.1) is 13.8 Å². The zero-order chi connectivity index (χ0) is 17.9. The largest absolute Gasteiger partial charge is 0.467 e. The van der Waals surface area contributed by atoms with E-state index < -0.39 is 23.7 Å². The molecule has 0 fully saturated rings. The van der Waals surface area contributed by atoms with Gasteiger partial charge in [-0.2, -0.15) is 5.10 Å². The van der Waals surface area contributed by atoms with Gasteiger partial charge in [0.1, 0.15) is 0 Å². The van der Waals surface area contributed by atoms with Crippen molar-refractivity contribution in [3.63, 3.8) is 0 Å². The highest BCUT2D eigenvalue weighted by molar-refractivity contribution is 6.43. The molecule has 1 amide bonds. The summed E-state index contributed by atoms with van der Waals surface area (Å²) >= 11 is 0. The number of nitrogens with one attached hydrogen (secondary N) is 1. The molecule has 0 spiro atoms. The highest BCUT2D eigenvalue weighted by atomic mass is 16.5. The summed E-state index contributed by atoms with van der Waals surface area (Å²) in [6.07, 6.45) is 0. The SMILES string of the molecule is COC(=O)C(NC(=O)C(=O)c1c(C)nn(C)c1C)c1ccccc1. The molecule has 0 aliphatic rings. The van der Waals surface area contributed by atoms with Crippen LogP contribution in [-0.4, -0.2) is 34.6 Å². The molecule has 1 aromatic heterocycles. The summed E-state index contributed by atoms with van der Waals surface area (Å²) < 4.78 is 6.26. The summed E-state index contributed by atoms with van der Waals surface area (Å²) in [5.74, 6) is -2.27. The molecule has 0 bridgehead atoms. The summed E-state index contributed by atoms with van der Waals surface area (Å²) in [4.78, 5) is 36.8. The number of aromatic nitrogens is 2. The highest BCUT2D eigenvalue weighted by Crippen LogP contribution is 2.16. The summed E-state index contributed by atoms with van der Waals surface area (Å²) in [5.41, 5.74) is 1.82. The second-order valence-corrected chi connectivity index (χ2v) is 5.34. The van der Waals surface area contributed by atoms with Crippen LogP contribution in [0.3, 0.4) is 0 Å². The lowest BCUT2D eigenvalue weighted by molar-refractivity contribution is -0.144. The standard InChI is InChI=1S/C17H19N3O4/c1-10-13(11(2)20(3)19-10)15(21)16(22)18-14(17(23)24-4)12-8-6-5-7-9-12/h5-9,14H,1-4H3,(H,18,22). The van der Waals surface area contributed by atoms with E-state index in [-0.39, 0.29) is 5.56 Å². The maximum absolute atomic E-state index is 12.5. The number of hydrogen-bond acceptors (Lipinski definition) is 5. The zero-order valence-corrected chi connectivity index (χ0v) is 14.0. The molecule has 1 atom stereocenters. The number of aryl methyl sites for hydroxylation is 2. The van der Waals surface area contributed by atoms with E-state index in [0.717, 1.165) is 0 Å². The van der Waals surface area contributed by atoms with Crippen molar-refractivity contribution in [3.8, 4) is 0 Å². The average Bonchev–Trinajstić information content (AvgIpc) is 2.84. The number of carbonyl (C=O) groups is 3. The molecule has 126 valence electrons. The number of benzene rings is 1. The highest BCUT2D eigenvalue weighted by Gasteiger charge is 2.29. The van der Waals surface area contributed by atoms with Gasteiger partial charge in [0.05, 0.1) is 18.4 Å². The molecular weight excluding hydrogens is 310 g/mol. The first-order valence-corrected chi connectivity index (χ1v) is 7.35. The fraction of sp³-hybridized carbons (Fsp3) is 0.294. The third-order valence-electron chi connectivity index (χ3n) is 3.79. The number of Topliss-reactive ketones (excluding diaryl/α,β-unsaturated/α-hetero) is 1. The Labute approximate surface area is 139 Å². The molecule has 2 rings (SSSR count). The van der Waals surface area contributed by atoms with Crippen molar-refractivity contribution in [2.75, 3.05) is 7.11 Å². The topological polar surface area (TPSA) is 90.3 Å². The lowest BCUT2D eigenvalue weighted by Crippen LogP contribution is -2.39. The fourth-order valence-corrected chi connectivity index (χ4v) is 2.45. The van der Waals surface area contributed by atoms with Gasteiger partial charge in [0, 0.05) is 12.7 Å². The smallest absolute Gasteiger partial charge is 0.333 e. The van der Waals surface area contributed by atoms with Gasteiger partial charge in [0.25, 0.3) is 11.7 Å². The second-order valence-electron chi connectivity index (χ2n) is 5.34. The quantitative estimate of drug-likeness (QED) is 0.506. The molecule has 0 aliphatic carbocycles. The third kappa shape index (κ3) is 3.34. The van der Waals surface area contributed by atoms with Crippen molar-refractivity contribution in [2.45, 2.75) is 19.9 Å². The predicted octanol–water partition coefficient (Wildman–Crippen LogP) is 1.25. The lowest BCUT2D eigenvalue weighted by Gasteiger charge is -2.16. The van der Waals surface area contributed by atoms with Crippen molar-refractivity contribution in [2.24, 2.45) is 7.05 Å². The lowest BCUT2D eigenvalue weighted by atomic mass is 10.0. The van der Waals surface area contributed by atoms with Crippen molar-refractivity contribution in [3.05, 3.63) is 52.8 Å². The molecule has 1 unspecified atom stereocenters. The zero-order valence-electron chi connectivity index (χ0n) is 14.0. The summed E-state index contributed by atoms with van der Waals surface area (Å²) in [7, 11) is 2.92. The second kappa shape index (κ2) is 7.08. The maximum atomic E-state index is 12.5. The van der Waals surface area contributed by atoms with E-state index in [1.165, 1.54) is 11.8 Å². The third-order valence-corrected chi connectivity index (χ3v) is 3.79. The molecule has 7 nitrogen and oxygen atoms in total. The van der Waals surface area contributed by atoms with E-state index in [9.17, 15) is 14.4 Å². The van der Waals surface area contributed by atoms with Gasteiger partial charge in [-0.3, -0.25) is 14.3 Å². The van der Waals surface area contributed by atoms with Crippen LogP contribution in [0.4, 0.5) is 0 Å². The van der Waals surface area contributed by atoms with Crippen LogP contribution in [0.5, 0.6) is 0 Å². The van der Waals surface area contributed by atoms with Gasteiger partial charge in [0.15, 0.2) is 6.04 Å². The van der Waals surface area contributed by atoms with Gasteiger partial charge in [-0.1, -0.05) is 30.3 Å². The number of ketones is 1. The minimum Gasteiger partial charge on any atom is -0.467 e. The molecule has 0 radical (unpaired) electrons. The van der Waals surface area contributed by atoms with Gasteiger partial charge < -0.3 is 10.1 Å². The van der Waals surface area contributed by atoms with Crippen LogP contribution in [-0.2, 0) is 21.4 Å². The van der Waals surface area contributed by atoms with E-state index in [1.807, 2.05) is 0 Å². The monoisotopic (exact) mass is 329 g/mol. The van der Waals surface area contributed by atoms with Crippen LogP contribution in [0.2, 0.25) is 0 Å². The molecule has 1 heterocycles. The van der Waals surface area contributed by atoms with Crippen molar-refractivity contribution in [1.82, 2.24) is 15.1 Å². The van der Waals surface area contributed by atoms with E-state index in [2.05, 4.69) is 10.4 Å². The van der Waals surface area contributed by atoms with Crippen LogP contribution >= 0.6 is 0 Å². The minimum atomic E-state index is -1.05. The first-order chi connectivity index (χ1) is 11.4. The maximum Gasteiger partial charge on any atom is 0.333 e. The number of methoxy groups -OCH3 is 1. The molecule has 0 aliphatic heterocycles. The molecule has 24 heavy (non-hydrogen) atoms. The van der Waals surface area contributed by atoms with Crippen molar-refractivity contribution in [1.29, 1.82) is 0 Å². The predicted molar refractivity (Wildman–Crippen MR) is 86.4 cm³/mol. The van der Waals surface area contributed by atoms with Gasteiger partial charge in [-0.25, -0.2) is 4.79 Å². The van der Waals surface area contributed by atoms with E-state index in [4.69, 9.17) is 4.74 Å². The van der Waals surface area contributed by atoms with Crippen LogP contribution in [0.25, 0.3) is 0 Å². The Morgan fingerprint density at radius 1 is 1.17 bits per heavy atom. The summed E-state index contributed by atoms with van der Waals surface area (Å²) in [5, 5.41) is 6.57. The van der Waals surface area contributed by atoms with Crippen LogP contribution < -0.4 is 5.32 Å². The number of hydrogen-bond donors (Lipinski definition) is 1. The van der Waals surface area contributed by atoms with Crippen molar-refractivity contribution >= 4 is 17.7 Å². The molecular formula is C17H19N3O4. The Hall–Kier alpha value is -2.96. The fourth-order valence-electron chi connectivity index (χ4n) is 2.45. The van der Waals surface area contributed by atoms with E-state index in [0.29, 0.717) is 17.0 Å². The number of carbonyl (C=O) groups excluding carboxylic acids is 3. The number of amides is 1. The van der Waals surface area contributed by atoms with Crippen LogP contribution in [0.15, 0.2) is 30.3 Å².